The van der Waals surface area contributed by atoms with E-state index in [9.17, 15) is 4.79 Å². The molecule has 0 atom stereocenters. The molecule has 7 rings (SSSR count). The van der Waals surface area contributed by atoms with Gasteiger partial charge in [-0.05, 0) is 30.4 Å². The number of ether oxygens (including phenoxy) is 1. The summed E-state index contributed by atoms with van der Waals surface area (Å²) < 4.78 is 8.76. The van der Waals surface area contributed by atoms with Gasteiger partial charge in [-0.3, -0.25) is 4.98 Å². The standard InChI is InChI=1S/C30H26N8O2/c1-36-30(39)34-28(35-36)22-8-6-21(7-9-22)27-25(13-12-23-11-10-20-4-2-3-5-24(20)32-23)33-29-26(14-15-31-38(27)29)37-16-18-40-19-17-37/h2-15H,16-19H2,1H3,(H,34,35,39). The zero-order valence-corrected chi connectivity index (χ0v) is 21.9. The number of morpholine rings is 1. The first-order chi connectivity index (χ1) is 19.6. The number of hydrogen-bond donors (Lipinski definition) is 1. The first-order valence-corrected chi connectivity index (χ1v) is 13.1. The Morgan fingerprint density at radius 2 is 1.70 bits per heavy atom. The Kier molecular flexibility index (Phi) is 5.94. The second-order valence-electron chi connectivity index (χ2n) is 9.64. The summed E-state index contributed by atoms with van der Waals surface area (Å²) in [7, 11) is 1.62. The van der Waals surface area contributed by atoms with Gasteiger partial charge >= 0.3 is 5.69 Å². The Bertz CT molecular complexity index is 1930. The molecule has 0 radical (unpaired) electrons. The van der Waals surface area contributed by atoms with E-state index in [0.717, 1.165) is 63.5 Å². The van der Waals surface area contributed by atoms with Crippen LogP contribution in [-0.4, -0.2) is 60.6 Å². The number of aryl methyl sites for hydroxylation is 1. The fourth-order valence-electron chi connectivity index (χ4n) is 5.05. The van der Waals surface area contributed by atoms with Gasteiger partial charge in [0.25, 0.3) is 0 Å². The maximum Gasteiger partial charge on any atom is 0.343 e. The molecule has 0 bridgehead atoms. The highest BCUT2D eigenvalue weighted by molar-refractivity contribution is 5.85. The summed E-state index contributed by atoms with van der Waals surface area (Å²) in [5.41, 5.74) is 6.73. The van der Waals surface area contributed by atoms with Gasteiger partial charge in [0.1, 0.15) is 5.69 Å². The maximum absolute atomic E-state index is 11.9. The molecule has 198 valence electrons. The first-order valence-electron chi connectivity index (χ1n) is 13.1. The number of aromatic nitrogens is 7. The molecule has 40 heavy (non-hydrogen) atoms. The molecule has 0 spiro atoms. The SMILES string of the molecule is Cn1nc(-c2ccc(-c3c(C=Cc4ccc5ccccc5n4)nc4c(N5CCOCC5)ccnn34)cc2)[nH]c1=O. The number of nitrogens with zero attached hydrogens (tertiary/aromatic N) is 7. The van der Waals surface area contributed by atoms with Crippen LogP contribution in [0.1, 0.15) is 11.4 Å². The summed E-state index contributed by atoms with van der Waals surface area (Å²) in [5, 5.41) is 10.1. The van der Waals surface area contributed by atoms with E-state index in [4.69, 9.17) is 19.8 Å². The van der Waals surface area contributed by atoms with Crippen molar-refractivity contribution in [3.8, 4) is 22.6 Å². The van der Waals surface area contributed by atoms with Gasteiger partial charge in [0.05, 0.1) is 42.0 Å². The topological polar surface area (TPSA) is 106 Å². The molecule has 4 aromatic heterocycles. The second-order valence-corrected chi connectivity index (χ2v) is 9.64. The smallest absolute Gasteiger partial charge is 0.343 e. The van der Waals surface area contributed by atoms with E-state index >= 15 is 0 Å². The van der Waals surface area contributed by atoms with E-state index in [2.05, 4.69) is 27.1 Å². The van der Waals surface area contributed by atoms with Crippen LogP contribution < -0.4 is 10.6 Å². The van der Waals surface area contributed by atoms with Crippen molar-refractivity contribution in [1.29, 1.82) is 0 Å². The van der Waals surface area contributed by atoms with Gasteiger partial charge < -0.3 is 9.64 Å². The molecule has 2 aromatic carbocycles. The molecule has 0 saturated carbocycles. The number of H-pyrrole nitrogens is 1. The minimum absolute atomic E-state index is 0.254. The Morgan fingerprint density at radius 1 is 0.900 bits per heavy atom. The highest BCUT2D eigenvalue weighted by Gasteiger charge is 2.21. The second kappa shape index (κ2) is 9.90. The summed E-state index contributed by atoms with van der Waals surface area (Å²) in [4.78, 5) is 26.8. The van der Waals surface area contributed by atoms with Crippen LogP contribution in [0.3, 0.4) is 0 Å². The number of aromatic amines is 1. The molecule has 0 aliphatic carbocycles. The highest BCUT2D eigenvalue weighted by atomic mass is 16.5. The van der Waals surface area contributed by atoms with Crippen LogP contribution in [0.4, 0.5) is 5.69 Å². The van der Waals surface area contributed by atoms with E-state index in [1.165, 1.54) is 4.68 Å². The van der Waals surface area contributed by atoms with Gasteiger partial charge in [0.15, 0.2) is 11.5 Å². The number of fused-ring (bicyclic) bond motifs is 2. The quantitative estimate of drug-likeness (QED) is 0.359. The lowest BCUT2D eigenvalue weighted by Crippen LogP contribution is -2.36. The number of rotatable bonds is 5. The number of para-hydroxylation sites is 1. The summed E-state index contributed by atoms with van der Waals surface area (Å²) in [6.45, 7) is 2.95. The van der Waals surface area contributed by atoms with Crippen molar-refractivity contribution in [2.75, 3.05) is 31.2 Å². The van der Waals surface area contributed by atoms with Crippen LogP contribution in [0.2, 0.25) is 0 Å². The molecule has 1 N–H and O–H groups in total. The molecule has 1 aliphatic heterocycles. The average Bonchev–Trinajstić information content (AvgIpc) is 3.55. The van der Waals surface area contributed by atoms with Crippen LogP contribution in [0.15, 0.2) is 77.7 Å². The van der Waals surface area contributed by atoms with Crippen molar-refractivity contribution in [3.05, 3.63) is 94.8 Å². The Labute approximate surface area is 229 Å². The summed E-state index contributed by atoms with van der Waals surface area (Å²) in [5.74, 6) is 0.521. The largest absolute Gasteiger partial charge is 0.378 e. The van der Waals surface area contributed by atoms with Gasteiger partial charge in [0, 0.05) is 36.7 Å². The number of nitrogens with one attached hydrogen (secondary N) is 1. The molecule has 0 unspecified atom stereocenters. The Morgan fingerprint density at radius 3 is 2.50 bits per heavy atom. The third-order valence-corrected chi connectivity index (χ3v) is 7.11. The van der Waals surface area contributed by atoms with Crippen molar-refractivity contribution < 1.29 is 4.74 Å². The minimum atomic E-state index is -0.254. The first kappa shape index (κ1) is 24.0. The Hall–Kier alpha value is -5.09. The number of imidazole rings is 1. The van der Waals surface area contributed by atoms with Crippen molar-refractivity contribution in [2.45, 2.75) is 0 Å². The predicted molar refractivity (Wildman–Crippen MR) is 155 cm³/mol. The predicted octanol–water partition coefficient (Wildman–Crippen LogP) is 4.04. The van der Waals surface area contributed by atoms with E-state index in [-0.39, 0.29) is 5.69 Å². The van der Waals surface area contributed by atoms with Gasteiger partial charge in [0.2, 0.25) is 0 Å². The van der Waals surface area contributed by atoms with Crippen molar-refractivity contribution in [3.63, 3.8) is 0 Å². The molecular formula is C30H26N8O2. The van der Waals surface area contributed by atoms with Crippen LogP contribution in [-0.2, 0) is 11.8 Å². The third kappa shape index (κ3) is 4.34. The average molecular weight is 531 g/mol. The van der Waals surface area contributed by atoms with Crippen LogP contribution in [0, 0.1) is 0 Å². The van der Waals surface area contributed by atoms with Crippen LogP contribution in [0.5, 0.6) is 0 Å². The molecule has 1 fully saturated rings. The van der Waals surface area contributed by atoms with E-state index in [1.807, 2.05) is 77.5 Å². The van der Waals surface area contributed by atoms with E-state index in [1.54, 1.807) is 7.05 Å². The number of benzene rings is 2. The lowest BCUT2D eigenvalue weighted by atomic mass is 10.1. The molecule has 10 nitrogen and oxygen atoms in total. The Balaban J connectivity index is 1.34. The fraction of sp³-hybridized carbons (Fsp3) is 0.167. The fourth-order valence-corrected chi connectivity index (χ4v) is 5.05. The van der Waals surface area contributed by atoms with Crippen LogP contribution >= 0.6 is 0 Å². The zero-order chi connectivity index (χ0) is 27.1. The lowest BCUT2D eigenvalue weighted by molar-refractivity contribution is 0.123. The van der Waals surface area contributed by atoms with Crippen LogP contribution in [0.25, 0.3) is 51.3 Å². The third-order valence-electron chi connectivity index (χ3n) is 7.11. The summed E-state index contributed by atoms with van der Waals surface area (Å²) >= 11 is 0. The molecule has 0 amide bonds. The molecule has 1 aliphatic rings. The van der Waals surface area contributed by atoms with Gasteiger partial charge in [-0.1, -0.05) is 48.5 Å². The number of hydrogen-bond acceptors (Lipinski definition) is 7. The van der Waals surface area contributed by atoms with Gasteiger partial charge in [-0.25, -0.2) is 24.0 Å². The normalized spacial score (nSPS) is 14.1. The highest BCUT2D eigenvalue weighted by Crippen LogP contribution is 2.31. The zero-order valence-electron chi connectivity index (χ0n) is 21.9. The minimum Gasteiger partial charge on any atom is -0.378 e. The van der Waals surface area contributed by atoms with E-state index < -0.39 is 0 Å². The number of pyridine rings is 1. The molecule has 6 aromatic rings. The lowest BCUT2D eigenvalue weighted by Gasteiger charge is -2.28. The molecule has 5 heterocycles. The molecule has 10 heteroatoms. The molecular weight excluding hydrogens is 504 g/mol. The molecule has 1 saturated heterocycles. The van der Waals surface area contributed by atoms with Crippen molar-refractivity contribution >= 4 is 34.4 Å². The van der Waals surface area contributed by atoms with Gasteiger partial charge in [-0.15, -0.1) is 0 Å². The van der Waals surface area contributed by atoms with E-state index in [0.29, 0.717) is 19.0 Å². The van der Waals surface area contributed by atoms with Crippen molar-refractivity contribution in [1.82, 2.24) is 34.3 Å². The monoisotopic (exact) mass is 530 g/mol. The number of anilines is 1. The van der Waals surface area contributed by atoms with Crippen molar-refractivity contribution in [2.24, 2.45) is 7.05 Å². The summed E-state index contributed by atoms with van der Waals surface area (Å²) in [6, 6.07) is 22.0. The maximum atomic E-state index is 11.9. The summed E-state index contributed by atoms with van der Waals surface area (Å²) in [6.07, 6.45) is 5.79. The van der Waals surface area contributed by atoms with Gasteiger partial charge in [-0.2, -0.15) is 10.2 Å².